The van der Waals surface area contributed by atoms with Crippen molar-refractivity contribution in [2.45, 2.75) is 76.2 Å². The van der Waals surface area contributed by atoms with E-state index in [-0.39, 0.29) is 5.91 Å². The maximum Gasteiger partial charge on any atom is 0.220 e. The van der Waals surface area contributed by atoms with Crippen LogP contribution in [0.5, 0.6) is 0 Å². The summed E-state index contributed by atoms with van der Waals surface area (Å²) < 4.78 is 0. The Morgan fingerprint density at radius 3 is 2.54 bits per heavy atom. The van der Waals surface area contributed by atoms with Crippen LogP contribution < -0.4 is 5.32 Å². The van der Waals surface area contributed by atoms with Gasteiger partial charge in [-0.2, -0.15) is 0 Å². The summed E-state index contributed by atoms with van der Waals surface area (Å²) in [6.07, 6.45) is 13.6. The number of nitrogens with one attached hydrogen (secondary N) is 1. The van der Waals surface area contributed by atoms with E-state index < -0.39 is 0 Å². The second-order valence-corrected chi connectivity index (χ2v) is 8.24. The van der Waals surface area contributed by atoms with Crippen molar-refractivity contribution >= 4 is 16.8 Å². The molecule has 2 aliphatic carbocycles. The fraction of sp³-hybridized carbons (Fsp3) is 0.565. The molecule has 0 radical (unpaired) electrons. The number of pyridine rings is 1. The molecule has 1 aromatic carbocycles. The number of para-hydroxylation sites is 1. The van der Waals surface area contributed by atoms with Gasteiger partial charge in [-0.3, -0.25) is 9.78 Å². The molecule has 0 saturated heterocycles. The van der Waals surface area contributed by atoms with Crippen LogP contribution in [0.3, 0.4) is 0 Å². The molecule has 1 N–H and O–H groups in total. The first-order valence-electron chi connectivity index (χ1n) is 10.4. The SMILES string of the molecule is O=C(CC1CCC(c2ccnc3ccccc23)CC1)NC1CCCCC1. The van der Waals surface area contributed by atoms with Gasteiger partial charge in [0.2, 0.25) is 5.91 Å². The first-order valence-corrected chi connectivity index (χ1v) is 10.4. The van der Waals surface area contributed by atoms with E-state index in [1.54, 1.807) is 0 Å². The Labute approximate surface area is 156 Å². The van der Waals surface area contributed by atoms with Crippen molar-refractivity contribution in [2.75, 3.05) is 0 Å². The lowest BCUT2D eigenvalue weighted by molar-refractivity contribution is -0.123. The average molecular weight is 351 g/mol. The highest BCUT2D eigenvalue weighted by Gasteiger charge is 2.26. The second kappa shape index (κ2) is 8.20. The number of hydrogen-bond acceptors (Lipinski definition) is 2. The summed E-state index contributed by atoms with van der Waals surface area (Å²) in [7, 11) is 0. The number of fused-ring (bicyclic) bond motifs is 1. The average Bonchev–Trinajstić information content (AvgIpc) is 2.69. The van der Waals surface area contributed by atoms with Crippen molar-refractivity contribution in [3.63, 3.8) is 0 Å². The van der Waals surface area contributed by atoms with Crippen molar-refractivity contribution in [2.24, 2.45) is 5.92 Å². The predicted molar refractivity (Wildman–Crippen MR) is 106 cm³/mol. The quantitative estimate of drug-likeness (QED) is 0.808. The van der Waals surface area contributed by atoms with Crippen molar-refractivity contribution in [1.82, 2.24) is 10.3 Å². The molecule has 0 bridgehead atoms. The van der Waals surface area contributed by atoms with E-state index in [9.17, 15) is 4.79 Å². The fourth-order valence-electron chi connectivity index (χ4n) is 4.95. The summed E-state index contributed by atoms with van der Waals surface area (Å²) in [6.45, 7) is 0. The standard InChI is InChI=1S/C23H30N2O/c26-23(25-19-6-2-1-3-7-19)16-17-10-12-18(13-11-17)20-14-15-24-22-9-5-4-8-21(20)22/h4-5,8-9,14-15,17-19H,1-3,6-7,10-13,16H2,(H,25,26). The molecule has 2 fully saturated rings. The van der Waals surface area contributed by atoms with E-state index in [4.69, 9.17) is 0 Å². The topological polar surface area (TPSA) is 42.0 Å². The number of carbonyl (C=O) groups is 1. The van der Waals surface area contributed by atoms with Gasteiger partial charge in [0.05, 0.1) is 5.52 Å². The van der Waals surface area contributed by atoms with Gasteiger partial charge < -0.3 is 5.32 Å². The van der Waals surface area contributed by atoms with Gasteiger partial charge in [-0.05, 0) is 68.1 Å². The molecule has 0 aliphatic heterocycles. The monoisotopic (exact) mass is 350 g/mol. The number of amides is 1. The van der Waals surface area contributed by atoms with Gasteiger partial charge in [0, 0.05) is 24.0 Å². The predicted octanol–water partition coefficient (Wildman–Crippen LogP) is 5.35. The molecular formula is C23H30N2O. The molecule has 1 heterocycles. The lowest BCUT2D eigenvalue weighted by Gasteiger charge is -2.30. The summed E-state index contributed by atoms with van der Waals surface area (Å²) >= 11 is 0. The van der Waals surface area contributed by atoms with Gasteiger partial charge in [-0.15, -0.1) is 0 Å². The number of hydrogen-bond donors (Lipinski definition) is 1. The van der Waals surface area contributed by atoms with Crippen LogP contribution in [0.15, 0.2) is 36.5 Å². The fourth-order valence-corrected chi connectivity index (χ4v) is 4.95. The first kappa shape index (κ1) is 17.5. The second-order valence-electron chi connectivity index (χ2n) is 8.24. The molecule has 138 valence electrons. The highest BCUT2D eigenvalue weighted by Crippen LogP contribution is 2.39. The van der Waals surface area contributed by atoms with Gasteiger partial charge in [0.15, 0.2) is 0 Å². The molecule has 0 atom stereocenters. The van der Waals surface area contributed by atoms with Gasteiger partial charge in [0.1, 0.15) is 0 Å². The van der Waals surface area contributed by atoms with Crippen LogP contribution in [0.4, 0.5) is 0 Å². The zero-order valence-corrected chi connectivity index (χ0v) is 15.6. The van der Waals surface area contributed by atoms with Crippen molar-refractivity contribution in [1.29, 1.82) is 0 Å². The molecule has 0 unspecified atom stereocenters. The lowest BCUT2D eigenvalue weighted by Crippen LogP contribution is -2.37. The third-order valence-electron chi connectivity index (χ3n) is 6.41. The van der Waals surface area contributed by atoms with E-state index in [0.29, 0.717) is 17.9 Å². The Bertz CT molecular complexity index is 737. The molecule has 26 heavy (non-hydrogen) atoms. The van der Waals surface area contributed by atoms with Crippen LogP contribution >= 0.6 is 0 Å². The van der Waals surface area contributed by atoms with Crippen LogP contribution in [0, 0.1) is 5.92 Å². The van der Waals surface area contributed by atoms with Crippen molar-refractivity contribution in [3.8, 4) is 0 Å². The van der Waals surface area contributed by atoms with Gasteiger partial charge in [0.25, 0.3) is 0 Å². The van der Waals surface area contributed by atoms with E-state index in [2.05, 4.69) is 40.6 Å². The van der Waals surface area contributed by atoms with Crippen LogP contribution in [0.1, 0.15) is 75.7 Å². The Kier molecular flexibility index (Phi) is 5.52. The Morgan fingerprint density at radius 1 is 0.962 bits per heavy atom. The maximum atomic E-state index is 12.4. The Morgan fingerprint density at radius 2 is 1.73 bits per heavy atom. The highest BCUT2D eigenvalue weighted by molar-refractivity contribution is 5.82. The molecule has 2 saturated carbocycles. The normalized spacial score (nSPS) is 24.5. The minimum atomic E-state index is 0.287. The summed E-state index contributed by atoms with van der Waals surface area (Å²) in [4.78, 5) is 16.9. The first-order chi connectivity index (χ1) is 12.8. The van der Waals surface area contributed by atoms with Gasteiger partial charge in [-0.25, -0.2) is 0 Å². The minimum absolute atomic E-state index is 0.287. The molecule has 0 spiro atoms. The molecule has 1 amide bonds. The molecule has 1 aromatic heterocycles. The highest BCUT2D eigenvalue weighted by atomic mass is 16.1. The smallest absolute Gasteiger partial charge is 0.220 e. The van der Waals surface area contributed by atoms with Crippen LogP contribution in [0.25, 0.3) is 10.9 Å². The zero-order chi connectivity index (χ0) is 17.8. The van der Waals surface area contributed by atoms with E-state index in [1.165, 1.54) is 68.7 Å². The van der Waals surface area contributed by atoms with E-state index >= 15 is 0 Å². The lowest BCUT2D eigenvalue weighted by atomic mass is 9.77. The largest absolute Gasteiger partial charge is 0.353 e. The summed E-state index contributed by atoms with van der Waals surface area (Å²) in [5.74, 6) is 1.46. The Hall–Kier alpha value is -1.90. The maximum absolute atomic E-state index is 12.4. The summed E-state index contributed by atoms with van der Waals surface area (Å²) in [5, 5.41) is 4.59. The number of nitrogens with zero attached hydrogens (tertiary/aromatic N) is 1. The molecule has 4 rings (SSSR count). The molecular weight excluding hydrogens is 320 g/mol. The number of carbonyl (C=O) groups excluding carboxylic acids is 1. The number of aromatic nitrogens is 1. The third-order valence-corrected chi connectivity index (χ3v) is 6.41. The van der Waals surface area contributed by atoms with Crippen LogP contribution in [-0.2, 0) is 4.79 Å². The molecule has 3 nitrogen and oxygen atoms in total. The van der Waals surface area contributed by atoms with E-state index in [0.717, 1.165) is 11.9 Å². The molecule has 2 aliphatic rings. The van der Waals surface area contributed by atoms with Crippen molar-refractivity contribution < 1.29 is 4.79 Å². The van der Waals surface area contributed by atoms with Crippen LogP contribution in [0.2, 0.25) is 0 Å². The van der Waals surface area contributed by atoms with Gasteiger partial charge in [-0.1, -0.05) is 37.5 Å². The molecule has 3 heteroatoms. The van der Waals surface area contributed by atoms with Gasteiger partial charge >= 0.3 is 0 Å². The zero-order valence-electron chi connectivity index (χ0n) is 15.6. The third kappa shape index (κ3) is 4.08. The summed E-state index contributed by atoms with van der Waals surface area (Å²) in [5.41, 5.74) is 2.54. The van der Waals surface area contributed by atoms with E-state index in [1.807, 2.05) is 6.20 Å². The van der Waals surface area contributed by atoms with Crippen molar-refractivity contribution in [3.05, 3.63) is 42.1 Å². The van der Waals surface area contributed by atoms with Crippen LogP contribution in [-0.4, -0.2) is 16.9 Å². The Balaban J connectivity index is 1.31. The number of rotatable bonds is 4. The number of benzene rings is 1. The minimum Gasteiger partial charge on any atom is -0.353 e. The molecule has 2 aromatic rings. The summed E-state index contributed by atoms with van der Waals surface area (Å²) in [6, 6.07) is 11.1.